The lowest BCUT2D eigenvalue weighted by atomic mass is 10.0. The van der Waals surface area contributed by atoms with E-state index >= 15 is 0 Å². The third kappa shape index (κ3) is 5.12. The van der Waals surface area contributed by atoms with E-state index in [2.05, 4.69) is 10.3 Å². The monoisotopic (exact) mass is 363 g/mol. The van der Waals surface area contributed by atoms with E-state index in [1.165, 1.54) is 6.20 Å². The molecule has 6 nitrogen and oxygen atoms in total. The number of hydrogen-bond acceptors (Lipinski definition) is 4. The van der Waals surface area contributed by atoms with Gasteiger partial charge in [0, 0.05) is 31.2 Å². The summed E-state index contributed by atoms with van der Waals surface area (Å²) in [5.74, 6) is -0.248. The zero-order valence-corrected chi connectivity index (χ0v) is 14.8. The lowest BCUT2D eigenvalue weighted by Gasteiger charge is -2.08. The molecule has 2 N–H and O–H groups in total. The minimum absolute atomic E-state index is 0.0241. The van der Waals surface area contributed by atoms with Crippen molar-refractivity contribution in [3.8, 4) is 0 Å². The Morgan fingerprint density at radius 1 is 1.04 bits per heavy atom. The van der Waals surface area contributed by atoms with E-state index < -0.39 is 0 Å². The maximum Gasteiger partial charge on any atom is 0.252 e. The number of nitrogens with one attached hydrogen (secondary N) is 1. The highest BCUT2D eigenvalue weighted by molar-refractivity contribution is 5.94. The van der Waals surface area contributed by atoms with Crippen molar-refractivity contribution in [3.05, 3.63) is 99.7 Å². The highest BCUT2D eigenvalue weighted by atomic mass is 16.3. The van der Waals surface area contributed by atoms with Crippen LogP contribution in [0.4, 0.5) is 0 Å². The molecule has 1 aromatic carbocycles. The van der Waals surface area contributed by atoms with E-state index in [0.717, 1.165) is 16.7 Å². The van der Waals surface area contributed by atoms with Crippen LogP contribution in [0.1, 0.15) is 27.0 Å². The Morgan fingerprint density at radius 2 is 1.81 bits per heavy atom. The van der Waals surface area contributed by atoms with Gasteiger partial charge < -0.3 is 15.0 Å². The molecule has 27 heavy (non-hydrogen) atoms. The summed E-state index contributed by atoms with van der Waals surface area (Å²) in [6.45, 7) is 0.650. The second-order valence-corrected chi connectivity index (χ2v) is 6.22. The number of amides is 1. The van der Waals surface area contributed by atoms with E-state index in [0.29, 0.717) is 18.5 Å². The third-order valence-electron chi connectivity index (χ3n) is 4.14. The molecule has 0 bridgehead atoms. The number of benzene rings is 1. The van der Waals surface area contributed by atoms with Crippen LogP contribution in [0.15, 0.2) is 71.9 Å². The molecule has 3 aromatic rings. The molecule has 2 heterocycles. The molecule has 0 aliphatic heterocycles. The minimum Gasteiger partial charge on any atom is -0.395 e. The number of rotatable bonds is 7. The van der Waals surface area contributed by atoms with Gasteiger partial charge in [0.1, 0.15) is 0 Å². The summed E-state index contributed by atoms with van der Waals surface area (Å²) < 4.78 is 1.66. The number of pyridine rings is 2. The molecule has 0 unspecified atom stereocenters. The van der Waals surface area contributed by atoms with Crippen LogP contribution in [0.25, 0.3) is 0 Å². The zero-order chi connectivity index (χ0) is 19.1. The van der Waals surface area contributed by atoms with E-state index in [4.69, 9.17) is 5.11 Å². The van der Waals surface area contributed by atoms with E-state index in [1.807, 2.05) is 30.3 Å². The smallest absolute Gasteiger partial charge is 0.252 e. The van der Waals surface area contributed by atoms with Gasteiger partial charge in [-0.1, -0.05) is 30.3 Å². The van der Waals surface area contributed by atoms with Crippen LogP contribution in [0, 0.1) is 0 Å². The first-order valence-electron chi connectivity index (χ1n) is 8.72. The second-order valence-electron chi connectivity index (χ2n) is 6.22. The van der Waals surface area contributed by atoms with Crippen molar-refractivity contribution < 1.29 is 9.90 Å². The molecule has 0 saturated carbocycles. The number of aliphatic hydroxyl groups is 1. The average molecular weight is 363 g/mol. The Balaban J connectivity index is 1.67. The predicted molar refractivity (Wildman–Crippen MR) is 103 cm³/mol. The van der Waals surface area contributed by atoms with Gasteiger partial charge in [0.2, 0.25) is 0 Å². The summed E-state index contributed by atoms with van der Waals surface area (Å²) in [7, 11) is 0. The summed E-state index contributed by atoms with van der Waals surface area (Å²) in [4.78, 5) is 27.9. The Labute approximate surface area is 157 Å². The Morgan fingerprint density at radius 3 is 2.56 bits per heavy atom. The number of nitrogens with zero attached hydrogens (tertiary/aromatic N) is 2. The molecule has 0 radical (unpaired) electrons. The summed E-state index contributed by atoms with van der Waals surface area (Å²) in [6.07, 6.45) is 5.67. The van der Waals surface area contributed by atoms with Crippen molar-refractivity contribution >= 4 is 5.91 Å². The van der Waals surface area contributed by atoms with Crippen molar-refractivity contribution in [2.45, 2.75) is 13.0 Å². The lowest BCUT2D eigenvalue weighted by molar-refractivity contribution is 0.0944. The van der Waals surface area contributed by atoms with Gasteiger partial charge in [0.05, 0.1) is 18.7 Å². The number of carbonyl (C=O) groups is 1. The maximum atomic E-state index is 12.0. The standard InChI is InChI=1S/C21H21N3O3/c25-10-8-23-21(27)19-12-18(13-22-14-19)11-16-4-6-17(7-5-16)15-24-9-2-1-3-20(24)26/h1-7,9,12-14,25H,8,10-11,15H2,(H,23,27). The molecule has 0 fully saturated rings. The molecule has 3 rings (SSSR count). The fourth-order valence-electron chi connectivity index (χ4n) is 2.77. The fourth-order valence-corrected chi connectivity index (χ4v) is 2.77. The molecule has 1 amide bonds. The van der Waals surface area contributed by atoms with E-state index in [9.17, 15) is 9.59 Å². The molecular formula is C21H21N3O3. The quantitative estimate of drug-likeness (QED) is 0.668. The van der Waals surface area contributed by atoms with Gasteiger partial charge in [-0.05, 0) is 35.2 Å². The Bertz CT molecular complexity index is 965. The van der Waals surface area contributed by atoms with Gasteiger partial charge in [-0.3, -0.25) is 14.6 Å². The minimum atomic E-state index is -0.248. The van der Waals surface area contributed by atoms with Crippen molar-refractivity contribution in [1.29, 1.82) is 0 Å². The molecule has 0 saturated heterocycles. The van der Waals surface area contributed by atoms with Crippen molar-refractivity contribution in [1.82, 2.24) is 14.9 Å². The van der Waals surface area contributed by atoms with Gasteiger partial charge in [-0.25, -0.2) is 0 Å². The third-order valence-corrected chi connectivity index (χ3v) is 4.14. The summed E-state index contributed by atoms with van der Waals surface area (Å²) in [5, 5.41) is 11.4. The summed E-state index contributed by atoms with van der Waals surface area (Å²) >= 11 is 0. The Kier molecular flexibility index (Phi) is 6.12. The van der Waals surface area contributed by atoms with Gasteiger partial charge in [0.25, 0.3) is 11.5 Å². The van der Waals surface area contributed by atoms with E-state index in [-0.39, 0.29) is 24.6 Å². The van der Waals surface area contributed by atoms with Crippen LogP contribution in [0.2, 0.25) is 0 Å². The molecule has 2 aromatic heterocycles. The fraction of sp³-hybridized carbons (Fsp3) is 0.190. The average Bonchev–Trinajstić information content (AvgIpc) is 2.69. The molecule has 0 aliphatic rings. The normalized spacial score (nSPS) is 10.6. The van der Waals surface area contributed by atoms with Crippen molar-refractivity contribution in [2.75, 3.05) is 13.2 Å². The number of carbonyl (C=O) groups excluding carboxylic acids is 1. The van der Waals surface area contributed by atoms with Gasteiger partial charge in [-0.2, -0.15) is 0 Å². The predicted octanol–water partition coefficient (Wildman–Crippen LogP) is 1.60. The van der Waals surface area contributed by atoms with Crippen molar-refractivity contribution in [3.63, 3.8) is 0 Å². The van der Waals surface area contributed by atoms with Gasteiger partial charge >= 0.3 is 0 Å². The van der Waals surface area contributed by atoms with E-state index in [1.54, 1.807) is 35.2 Å². The maximum absolute atomic E-state index is 12.0. The molecule has 0 aliphatic carbocycles. The molecule has 138 valence electrons. The number of aliphatic hydroxyl groups excluding tert-OH is 1. The highest BCUT2D eigenvalue weighted by Crippen LogP contribution is 2.12. The highest BCUT2D eigenvalue weighted by Gasteiger charge is 2.07. The largest absolute Gasteiger partial charge is 0.395 e. The first-order chi connectivity index (χ1) is 13.2. The van der Waals surface area contributed by atoms with Gasteiger partial charge in [0.15, 0.2) is 0 Å². The molecule has 0 spiro atoms. The van der Waals surface area contributed by atoms with Crippen LogP contribution in [0.5, 0.6) is 0 Å². The summed E-state index contributed by atoms with van der Waals surface area (Å²) in [5.41, 5.74) is 3.51. The lowest BCUT2D eigenvalue weighted by Crippen LogP contribution is -2.26. The van der Waals surface area contributed by atoms with Crippen LogP contribution in [-0.4, -0.2) is 33.7 Å². The SMILES string of the molecule is O=C(NCCO)c1cncc(Cc2ccc(Cn3ccccc3=O)cc2)c1. The Hall–Kier alpha value is -3.25. The van der Waals surface area contributed by atoms with Crippen molar-refractivity contribution in [2.24, 2.45) is 0 Å². The second kappa shape index (κ2) is 8.91. The molecule has 6 heteroatoms. The molecule has 0 atom stereocenters. The van der Waals surface area contributed by atoms with Crippen LogP contribution in [-0.2, 0) is 13.0 Å². The first kappa shape index (κ1) is 18.5. The van der Waals surface area contributed by atoms with Crippen LogP contribution in [0.3, 0.4) is 0 Å². The van der Waals surface area contributed by atoms with Crippen LogP contribution >= 0.6 is 0 Å². The summed E-state index contributed by atoms with van der Waals surface area (Å²) in [6, 6.07) is 15.0. The molecular weight excluding hydrogens is 342 g/mol. The van der Waals surface area contributed by atoms with Gasteiger partial charge in [-0.15, -0.1) is 0 Å². The number of hydrogen-bond donors (Lipinski definition) is 2. The first-order valence-corrected chi connectivity index (χ1v) is 8.72. The van der Waals surface area contributed by atoms with Crippen LogP contribution < -0.4 is 10.9 Å². The topological polar surface area (TPSA) is 84.2 Å². The zero-order valence-electron chi connectivity index (χ0n) is 14.8. The number of aromatic nitrogens is 2.